The van der Waals surface area contributed by atoms with E-state index >= 15 is 0 Å². The molecule has 2 amide bonds. The molecule has 3 heterocycles. The molecule has 12 heteroatoms. The fraction of sp³-hybridized carbons (Fsp3) is 0.320. The molecule has 0 aliphatic carbocycles. The molecule has 2 fully saturated rings. The smallest absolute Gasteiger partial charge is 0.314 e. The number of hydrogen-bond donors (Lipinski definition) is 1. The minimum Gasteiger partial charge on any atom is -0.314 e. The van der Waals surface area contributed by atoms with Crippen molar-refractivity contribution in [1.82, 2.24) is 20.0 Å². The number of piperidine rings is 1. The van der Waals surface area contributed by atoms with E-state index in [0.29, 0.717) is 35.1 Å². The molecule has 5 rings (SSSR count). The monoisotopic (exact) mass is 552 g/mol. The topological polar surface area (TPSA) is 67.2 Å². The maximum absolute atomic E-state index is 14.4. The highest BCUT2D eigenvalue weighted by molar-refractivity contribution is 8.18. The highest BCUT2D eigenvalue weighted by Crippen LogP contribution is 2.37. The van der Waals surface area contributed by atoms with Crippen LogP contribution in [0.4, 0.5) is 22.4 Å². The van der Waals surface area contributed by atoms with Crippen LogP contribution >= 0.6 is 23.4 Å². The number of alkyl halides is 4. The lowest BCUT2D eigenvalue weighted by Gasteiger charge is -2.32. The highest BCUT2D eigenvalue weighted by atomic mass is 35.5. The predicted octanol–water partition coefficient (Wildman–Crippen LogP) is 5.80. The van der Waals surface area contributed by atoms with Crippen molar-refractivity contribution in [1.29, 1.82) is 0 Å². The zero-order chi connectivity index (χ0) is 26.5. The number of carbonyl (C=O) groups is 2. The molecule has 0 bridgehead atoms. The summed E-state index contributed by atoms with van der Waals surface area (Å²) in [4.78, 5) is 26.7. The van der Waals surface area contributed by atoms with Crippen molar-refractivity contribution in [3.63, 3.8) is 0 Å². The number of nitrogens with one attached hydrogen (secondary N) is 1. The minimum atomic E-state index is -4.56. The van der Waals surface area contributed by atoms with E-state index in [1.54, 1.807) is 31.2 Å². The molecule has 2 aliphatic heterocycles. The summed E-state index contributed by atoms with van der Waals surface area (Å²) >= 11 is 6.56. The average Bonchev–Trinajstić information content (AvgIpc) is 3.29. The summed E-state index contributed by atoms with van der Waals surface area (Å²) in [6, 6.07) is 8.01. The van der Waals surface area contributed by atoms with Gasteiger partial charge in [-0.1, -0.05) is 23.7 Å². The maximum Gasteiger partial charge on any atom is 0.416 e. The van der Waals surface area contributed by atoms with Crippen molar-refractivity contribution in [3.8, 4) is 0 Å². The Labute approximate surface area is 218 Å². The quantitative estimate of drug-likeness (QED) is 0.327. The van der Waals surface area contributed by atoms with Crippen molar-refractivity contribution in [2.75, 3.05) is 13.1 Å². The van der Waals surface area contributed by atoms with Crippen molar-refractivity contribution >= 4 is 51.5 Å². The van der Waals surface area contributed by atoms with Gasteiger partial charge in [-0.2, -0.15) is 18.3 Å². The molecule has 2 saturated heterocycles. The fourth-order valence-electron chi connectivity index (χ4n) is 4.69. The molecular weight excluding hydrogens is 532 g/mol. The summed E-state index contributed by atoms with van der Waals surface area (Å²) < 4.78 is 56.5. The van der Waals surface area contributed by atoms with Gasteiger partial charge in [-0.15, -0.1) is 0 Å². The number of amides is 2. The third kappa shape index (κ3) is 4.99. The van der Waals surface area contributed by atoms with Crippen molar-refractivity contribution in [2.45, 2.75) is 38.3 Å². The minimum absolute atomic E-state index is 0.00572. The molecule has 1 aromatic heterocycles. The summed E-state index contributed by atoms with van der Waals surface area (Å²) in [6.45, 7) is 2.23. The van der Waals surface area contributed by atoms with Gasteiger partial charge in [0.2, 0.25) is 0 Å². The van der Waals surface area contributed by atoms with Gasteiger partial charge in [0, 0.05) is 17.0 Å². The van der Waals surface area contributed by atoms with Crippen molar-refractivity contribution < 1.29 is 27.2 Å². The van der Waals surface area contributed by atoms with Gasteiger partial charge in [-0.05, 0) is 73.1 Å². The number of aromatic nitrogens is 2. The Morgan fingerprint density at radius 3 is 2.73 bits per heavy atom. The first kappa shape index (κ1) is 25.7. The van der Waals surface area contributed by atoms with Gasteiger partial charge >= 0.3 is 6.18 Å². The summed E-state index contributed by atoms with van der Waals surface area (Å²) in [5, 5.41) is 7.52. The van der Waals surface area contributed by atoms with Gasteiger partial charge in [0.25, 0.3) is 11.1 Å². The number of hydrogen-bond acceptors (Lipinski definition) is 5. The number of halogens is 5. The number of carbonyl (C=O) groups excluding carboxylic acids is 2. The second-order valence-corrected chi connectivity index (χ2v) is 10.4. The van der Waals surface area contributed by atoms with Crippen molar-refractivity contribution in [3.05, 3.63) is 68.7 Å². The summed E-state index contributed by atoms with van der Waals surface area (Å²) in [5.74, 6) is -0.528. The largest absolute Gasteiger partial charge is 0.416 e. The molecule has 6 nitrogen and oxygen atoms in total. The second-order valence-electron chi connectivity index (χ2n) is 8.95. The average molecular weight is 553 g/mol. The van der Waals surface area contributed by atoms with E-state index in [1.165, 1.54) is 16.8 Å². The van der Waals surface area contributed by atoms with Crippen LogP contribution in [0.3, 0.4) is 0 Å². The molecular formula is C25H21ClF4N4O2S. The number of nitrogens with zero attached hydrogens (tertiary/aromatic N) is 3. The van der Waals surface area contributed by atoms with E-state index in [0.717, 1.165) is 22.7 Å². The third-order valence-corrected chi connectivity index (χ3v) is 7.60. The van der Waals surface area contributed by atoms with E-state index in [2.05, 4.69) is 10.4 Å². The molecule has 2 aliphatic rings. The van der Waals surface area contributed by atoms with Crippen LogP contribution in [0.2, 0.25) is 5.02 Å². The van der Waals surface area contributed by atoms with Gasteiger partial charge < -0.3 is 5.32 Å². The molecule has 0 radical (unpaired) electrons. The van der Waals surface area contributed by atoms with Crippen LogP contribution in [-0.2, 0) is 17.5 Å². The molecule has 2 atom stereocenters. The Kier molecular flexibility index (Phi) is 6.80. The number of rotatable bonds is 4. The first-order valence-electron chi connectivity index (χ1n) is 11.5. The normalized spacial score (nSPS) is 22.0. The predicted molar refractivity (Wildman–Crippen MR) is 134 cm³/mol. The van der Waals surface area contributed by atoms with E-state index in [1.807, 2.05) is 0 Å². The van der Waals surface area contributed by atoms with Gasteiger partial charge in [0.05, 0.1) is 34.3 Å². The number of aryl methyl sites for hydroxylation is 1. The van der Waals surface area contributed by atoms with Gasteiger partial charge in [-0.25, -0.2) is 4.39 Å². The Morgan fingerprint density at radius 1 is 1.22 bits per heavy atom. The Morgan fingerprint density at radius 2 is 2.00 bits per heavy atom. The first-order valence-corrected chi connectivity index (χ1v) is 12.7. The zero-order valence-electron chi connectivity index (χ0n) is 19.5. The fourth-order valence-corrected chi connectivity index (χ4v) is 5.75. The Bertz CT molecular complexity index is 1440. The molecule has 0 unspecified atom stereocenters. The summed E-state index contributed by atoms with van der Waals surface area (Å²) in [6.07, 6.45) is -3.98. The maximum atomic E-state index is 14.4. The van der Waals surface area contributed by atoms with E-state index in [-0.39, 0.29) is 28.6 Å². The van der Waals surface area contributed by atoms with Crippen LogP contribution in [0.15, 0.2) is 41.3 Å². The van der Waals surface area contributed by atoms with Crippen LogP contribution in [-0.4, -0.2) is 51.1 Å². The lowest BCUT2D eigenvalue weighted by molar-refractivity contribution is -0.138. The van der Waals surface area contributed by atoms with E-state index in [4.69, 9.17) is 11.6 Å². The molecule has 0 spiro atoms. The molecule has 3 aromatic rings. The van der Waals surface area contributed by atoms with E-state index < -0.39 is 35.1 Å². The van der Waals surface area contributed by atoms with E-state index in [9.17, 15) is 27.2 Å². The second kappa shape index (κ2) is 9.77. The van der Waals surface area contributed by atoms with Crippen LogP contribution in [0.1, 0.15) is 28.8 Å². The van der Waals surface area contributed by atoms with Crippen LogP contribution in [0, 0.1) is 6.92 Å². The third-order valence-electron chi connectivity index (χ3n) is 6.48. The number of fused-ring (bicyclic) bond motifs is 1. The molecule has 2 aromatic carbocycles. The number of imide groups is 1. The highest BCUT2D eigenvalue weighted by Gasteiger charge is 2.43. The Balaban J connectivity index is 1.44. The summed E-state index contributed by atoms with van der Waals surface area (Å²) in [7, 11) is 0. The molecule has 37 heavy (non-hydrogen) atoms. The van der Waals surface area contributed by atoms with Crippen molar-refractivity contribution in [2.24, 2.45) is 0 Å². The first-order chi connectivity index (χ1) is 17.5. The Hall–Kier alpha value is -2.89. The molecule has 194 valence electrons. The lowest BCUT2D eigenvalue weighted by Crippen LogP contribution is -2.52. The molecule has 1 N–H and O–H groups in total. The van der Waals surface area contributed by atoms with Gasteiger partial charge in [0.1, 0.15) is 6.17 Å². The van der Waals surface area contributed by atoms with Crippen LogP contribution in [0.5, 0.6) is 0 Å². The molecule has 0 saturated carbocycles. The number of thioether (sulfide) groups is 1. The lowest BCUT2D eigenvalue weighted by atomic mass is 10.0. The van der Waals surface area contributed by atoms with Gasteiger partial charge in [-0.3, -0.25) is 19.2 Å². The van der Waals surface area contributed by atoms with Crippen LogP contribution < -0.4 is 5.32 Å². The van der Waals surface area contributed by atoms with Gasteiger partial charge in [0.15, 0.2) is 0 Å². The number of benzene rings is 2. The van der Waals surface area contributed by atoms with Crippen LogP contribution in [0.25, 0.3) is 17.0 Å². The summed E-state index contributed by atoms with van der Waals surface area (Å²) in [5.41, 5.74) is 1.03. The standard InChI is InChI=1S/C25H21ClF4N4O2S/c1-13-17-8-14(9-22-23(35)34(24(36)37-22)21-6-7-31-11-19(21)27)2-5-20(17)33(32-13)12-15-3-4-16(26)10-18(15)25(28,29)30/h2-5,8-10,19,21,31H,6-7,11-12H2,1H3/t19-,21-/m0/s1. The SMILES string of the molecule is Cc1nn(Cc2ccc(Cl)cc2C(F)(F)F)c2ccc(C=C3SC(=O)N([C@H]4CCNC[C@@H]4F)C3=O)cc12. The zero-order valence-corrected chi connectivity index (χ0v) is 21.1.